The maximum absolute atomic E-state index is 14.2. The first-order valence-corrected chi connectivity index (χ1v) is 9.06. The fraction of sp³-hybridized carbons (Fsp3) is 0.368. The van der Waals surface area contributed by atoms with Gasteiger partial charge in [0, 0.05) is 49.9 Å². The highest BCUT2D eigenvalue weighted by atomic mass is 19.1. The van der Waals surface area contributed by atoms with E-state index in [1.807, 2.05) is 17.0 Å². The van der Waals surface area contributed by atoms with Crippen LogP contribution >= 0.6 is 0 Å². The molecular formula is C19H21FN6O. The largest absolute Gasteiger partial charge is 0.367 e. The zero-order valence-electron chi connectivity index (χ0n) is 15.1. The van der Waals surface area contributed by atoms with Gasteiger partial charge in [0.25, 0.3) is 0 Å². The predicted molar refractivity (Wildman–Crippen MR) is 101 cm³/mol. The summed E-state index contributed by atoms with van der Waals surface area (Å²) in [6.07, 6.45) is 6.63. The fourth-order valence-electron chi connectivity index (χ4n) is 3.52. The number of amides is 1. The van der Waals surface area contributed by atoms with E-state index in [0.717, 1.165) is 36.0 Å². The fourth-order valence-corrected chi connectivity index (χ4v) is 3.52. The molecular weight excluding hydrogens is 347 g/mol. The van der Waals surface area contributed by atoms with Crippen molar-refractivity contribution in [3.05, 3.63) is 36.5 Å². The van der Waals surface area contributed by atoms with Crippen LogP contribution < -0.4 is 5.32 Å². The number of fused-ring (bicyclic) bond motifs is 1. The average Bonchev–Trinajstić information content (AvgIpc) is 3.12. The number of piperidine rings is 1. The van der Waals surface area contributed by atoms with Gasteiger partial charge in [-0.3, -0.25) is 4.79 Å². The molecule has 0 radical (unpaired) electrons. The van der Waals surface area contributed by atoms with Gasteiger partial charge in [0.1, 0.15) is 5.65 Å². The number of halogens is 1. The molecule has 1 saturated heterocycles. The molecule has 4 heterocycles. The van der Waals surface area contributed by atoms with Crippen molar-refractivity contribution in [3.8, 4) is 11.4 Å². The van der Waals surface area contributed by atoms with Gasteiger partial charge in [-0.1, -0.05) is 0 Å². The summed E-state index contributed by atoms with van der Waals surface area (Å²) >= 11 is 0. The third kappa shape index (κ3) is 3.60. The molecule has 3 aromatic rings. The summed E-state index contributed by atoms with van der Waals surface area (Å²) in [5, 5.41) is 3.99. The highest BCUT2D eigenvalue weighted by molar-refractivity contribution is 5.91. The average molecular weight is 368 g/mol. The number of hydrogen-bond acceptors (Lipinski definition) is 5. The highest BCUT2D eigenvalue weighted by Gasteiger charge is 2.22. The first-order chi connectivity index (χ1) is 13.1. The monoisotopic (exact) mass is 368 g/mol. The second kappa shape index (κ2) is 7.30. The SMILES string of the molecule is CC(=O)N1CCC[C@H](CNc2nc(-c3c[nH]c4ncccc34)ncc2F)C1. The lowest BCUT2D eigenvalue weighted by Crippen LogP contribution is -2.40. The lowest BCUT2D eigenvalue weighted by Gasteiger charge is -2.32. The Hall–Kier alpha value is -3.03. The summed E-state index contributed by atoms with van der Waals surface area (Å²) in [5.41, 5.74) is 1.52. The molecule has 0 unspecified atom stereocenters. The zero-order chi connectivity index (χ0) is 18.8. The number of anilines is 1. The molecule has 27 heavy (non-hydrogen) atoms. The van der Waals surface area contributed by atoms with Gasteiger partial charge in [-0.15, -0.1) is 0 Å². The Bertz CT molecular complexity index is 972. The number of H-pyrrole nitrogens is 1. The van der Waals surface area contributed by atoms with Crippen LogP contribution in [0.5, 0.6) is 0 Å². The minimum atomic E-state index is -0.490. The Balaban J connectivity index is 1.52. The smallest absolute Gasteiger partial charge is 0.219 e. The Morgan fingerprint density at radius 3 is 3.19 bits per heavy atom. The summed E-state index contributed by atoms with van der Waals surface area (Å²) < 4.78 is 14.2. The van der Waals surface area contributed by atoms with Crippen LogP contribution in [0.3, 0.4) is 0 Å². The summed E-state index contributed by atoms with van der Waals surface area (Å²) in [7, 11) is 0. The van der Waals surface area contributed by atoms with Crippen molar-refractivity contribution in [1.29, 1.82) is 0 Å². The molecule has 0 aliphatic carbocycles. The predicted octanol–water partition coefficient (Wildman–Crippen LogP) is 2.83. The molecule has 3 aromatic heterocycles. The lowest BCUT2D eigenvalue weighted by atomic mass is 9.98. The molecule has 1 aliphatic heterocycles. The molecule has 1 aliphatic rings. The van der Waals surface area contributed by atoms with E-state index in [0.29, 0.717) is 18.9 Å². The van der Waals surface area contributed by atoms with Crippen molar-refractivity contribution < 1.29 is 9.18 Å². The van der Waals surface area contributed by atoms with E-state index >= 15 is 0 Å². The zero-order valence-corrected chi connectivity index (χ0v) is 15.1. The van der Waals surface area contributed by atoms with E-state index < -0.39 is 5.82 Å². The van der Waals surface area contributed by atoms with E-state index in [4.69, 9.17) is 0 Å². The molecule has 0 spiro atoms. The van der Waals surface area contributed by atoms with Crippen LogP contribution in [0.1, 0.15) is 19.8 Å². The summed E-state index contributed by atoms with van der Waals surface area (Å²) in [6.45, 7) is 3.64. The molecule has 0 bridgehead atoms. The molecule has 2 N–H and O–H groups in total. The molecule has 1 atom stereocenters. The van der Waals surface area contributed by atoms with Crippen molar-refractivity contribution in [2.24, 2.45) is 5.92 Å². The number of carbonyl (C=O) groups excluding carboxylic acids is 1. The normalized spacial score (nSPS) is 17.3. The third-order valence-electron chi connectivity index (χ3n) is 4.96. The van der Waals surface area contributed by atoms with E-state index in [2.05, 4.69) is 25.3 Å². The van der Waals surface area contributed by atoms with Crippen molar-refractivity contribution in [2.45, 2.75) is 19.8 Å². The minimum Gasteiger partial charge on any atom is -0.367 e. The minimum absolute atomic E-state index is 0.0862. The first-order valence-electron chi connectivity index (χ1n) is 9.06. The number of nitrogens with zero attached hydrogens (tertiary/aromatic N) is 4. The van der Waals surface area contributed by atoms with Crippen LogP contribution in [-0.4, -0.2) is 50.4 Å². The Morgan fingerprint density at radius 2 is 2.33 bits per heavy atom. The third-order valence-corrected chi connectivity index (χ3v) is 4.96. The van der Waals surface area contributed by atoms with Crippen molar-refractivity contribution in [1.82, 2.24) is 24.8 Å². The standard InChI is InChI=1S/C19H21FN6O/c1-12(27)26-7-3-4-13(11-26)8-22-19-16(20)10-24-18(25-19)15-9-23-17-14(15)5-2-6-21-17/h2,5-6,9-10,13H,3-4,7-8,11H2,1H3,(H,21,23)(H,22,24,25)/t13-/m1/s1. The van der Waals surface area contributed by atoms with Crippen molar-refractivity contribution >= 4 is 22.8 Å². The second-order valence-electron chi connectivity index (χ2n) is 6.85. The number of nitrogens with one attached hydrogen (secondary N) is 2. The summed E-state index contributed by atoms with van der Waals surface area (Å²) in [5.74, 6) is 0.488. The number of aromatic amines is 1. The van der Waals surface area contributed by atoms with E-state index in [1.54, 1.807) is 19.3 Å². The number of hydrogen-bond donors (Lipinski definition) is 2. The van der Waals surface area contributed by atoms with E-state index in [9.17, 15) is 9.18 Å². The van der Waals surface area contributed by atoms with Gasteiger partial charge in [0.15, 0.2) is 17.5 Å². The molecule has 1 fully saturated rings. The molecule has 0 aromatic carbocycles. The van der Waals surface area contributed by atoms with E-state index in [1.165, 1.54) is 6.20 Å². The second-order valence-corrected chi connectivity index (χ2v) is 6.85. The van der Waals surface area contributed by atoms with Crippen LogP contribution in [0.4, 0.5) is 10.2 Å². The molecule has 7 nitrogen and oxygen atoms in total. The Kier molecular flexibility index (Phi) is 4.70. The van der Waals surface area contributed by atoms with Gasteiger partial charge in [0.2, 0.25) is 5.91 Å². The molecule has 8 heteroatoms. The van der Waals surface area contributed by atoms with Crippen LogP contribution in [-0.2, 0) is 4.79 Å². The first kappa shape index (κ1) is 17.4. The number of pyridine rings is 1. The number of rotatable bonds is 4. The van der Waals surface area contributed by atoms with E-state index in [-0.39, 0.29) is 17.6 Å². The van der Waals surface area contributed by atoms with Gasteiger partial charge in [-0.2, -0.15) is 0 Å². The molecule has 0 saturated carbocycles. The highest BCUT2D eigenvalue weighted by Crippen LogP contribution is 2.26. The van der Waals surface area contributed by atoms with Crippen molar-refractivity contribution in [3.63, 3.8) is 0 Å². The van der Waals surface area contributed by atoms with Crippen LogP contribution in [0.15, 0.2) is 30.7 Å². The van der Waals surface area contributed by atoms with Gasteiger partial charge in [0.05, 0.1) is 6.20 Å². The van der Waals surface area contributed by atoms with Crippen LogP contribution in [0, 0.1) is 11.7 Å². The summed E-state index contributed by atoms with van der Waals surface area (Å²) in [6, 6.07) is 3.76. The lowest BCUT2D eigenvalue weighted by molar-refractivity contribution is -0.130. The number of aromatic nitrogens is 4. The Morgan fingerprint density at radius 1 is 1.44 bits per heavy atom. The summed E-state index contributed by atoms with van der Waals surface area (Å²) in [4.78, 5) is 29.3. The van der Waals surface area contributed by atoms with Crippen LogP contribution in [0.25, 0.3) is 22.4 Å². The van der Waals surface area contributed by atoms with Gasteiger partial charge < -0.3 is 15.2 Å². The maximum Gasteiger partial charge on any atom is 0.219 e. The Labute approximate surface area is 156 Å². The molecule has 4 rings (SSSR count). The van der Waals surface area contributed by atoms with Gasteiger partial charge >= 0.3 is 0 Å². The van der Waals surface area contributed by atoms with Crippen LogP contribution in [0.2, 0.25) is 0 Å². The molecule has 1 amide bonds. The van der Waals surface area contributed by atoms with Crippen molar-refractivity contribution in [2.75, 3.05) is 25.0 Å². The number of likely N-dealkylation sites (tertiary alicyclic amines) is 1. The van der Waals surface area contributed by atoms with Gasteiger partial charge in [-0.25, -0.2) is 19.3 Å². The molecule has 140 valence electrons. The van der Waals surface area contributed by atoms with Gasteiger partial charge in [-0.05, 0) is 30.9 Å². The maximum atomic E-state index is 14.2. The quantitative estimate of drug-likeness (QED) is 0.739. The topological polar surface area (TPSA) is 86.8 Å². The number of carbonyl (C=O) groups is 1.